The minimum absolute atomic E-state index is 0.0249. The highest BCUT2D eigenvalue weighted by Crippen LogP contribution is 2.11. The van der Waals surface area contributed by atoms with Crippen LogP contribution in [-0.2, 0) is 11.3 Å². The van der Waals surface area contributed by atoms with Crippen molar-refractivity contribution in [2.45, 2.75) is 19.9 Å². The van der Waals surface area contributed by atoms with Crippen molar-refractivity contribution in [3.63, 3.8) is 0 Å². The van der Waals surface area contributed by atoms with Gasteiger partial charge in [-0.2, -0.15) is 0 Å². The van der Waals surface area contributed by atoms with Crippen LogP contribution in [0, 0.1) is 0 Å². The summed E-state index contributed by atoms with van der Waals surface area (Å²) in [5, 5.41) is 5.80. The summed E-state index contributed by atoms with van der Waals surface area (Å²) in [6, 6.07) is 8.02. The van der Waals surface area contributed by atoms with Gasteiger partial charge in [-0.15, -0.1) is 0 Å². The summed E-state index contributed by atoms with van der Waals surface area (Å²) < 4.78 is 2.11. The van der Waals surface area contributed by atoms with E-state index < -0.39 is 0 Å². The molecule has 1 saturated heterocycles. The van der Waals surface area contributed by atoms with Crippen molar-refractivity contribution >= 4 is 23.0 Å². The van der Waals surface area contributed by atoms with E-state index in [1.165, 1.54) is 0 Å². The van der Waals surface area contributed by atoms with E-state index in [2.05, 4.69) is 31.2 Å². The first-order chi connectivity index (χ1) is 13.2. The van der Waals surface area contributed by atoms with Crippen LogP contribution in [0.3, 0.4) is 0 Å². The molecule has 1 fully saturated rings. The fraction of sp³-hybridized carbons (Fsp3) is 0.526. The number of fused-ring (bicyclic) bond motifs is 1. The number of urea groups is 1. The first-order valence-electron chi connectivity index (χ1n) is 9.59. The molecule has 1 aliphatic heterocycles. The number of imidazole rings is 1. The third kappa shape index (κ3) is 5.19. The number of amides is 3. The van der Waals surface area contributed by atoms with Crippen molar-refractivity contribution in [1.82, 2.24) is 30.0 Å². The number of carbonyl (C=O) groups is 2. The number of nitrogens with one attached hydrogen (secondary N) is 2. The lowest BCUT2D eigenvalue weighted by Crippen LogP contribution is -2.53. The van der Waals surface area contributed by atoms with Gasteiger partial charge in [-0.05, 0) is 25.5 Å². The minimum atomic E-state index is -0.0249. The van der Waals surface area contributed by atoms with Crippen molar-refractivity contribution in [2.24, 2.45) is 0 Å². The first kappa shape index (κ1) is 19.2. The summed E-state index contributed by atoms with van der Waals surface area (Å²) in [7, 11) is 0. The number of nitrogens with zero attached hydrogens (tertiary/aromatic N) is 4. The molecule has 1 aromatic carbocycles. The number of aromatic nitrogens is 2. The lowest BCUT2D eigenvalue weighted by Gasteiger charge is -2.34. The van der Waals surface area contributed by atoms with Crippen molar-refractivity contribution in [3.05, 3.63) is 30.6 Å². The molecule has 3 amide bonds. The Bertz CT molecular complexity index is 766. The highest BCUT2D eigenvalue weighted by molar-refractivity contribution is 5.78. The van der Waals surface area contributed by atoms with Crippen LogP contribution in [-0.4, -0.2) is 77.1 Å². The zero-order valence-corrected chi connectivity index (χ0v) is 15.9. The zero-order valence-electron chi connectivity index (χ0n) is 15.9. The van der Waals surface area contributed by atoms with E-state index in [1.54, 1.807) is 0 Å². The Kier molecular flexibility index (Phi) is 6.64. The van der Waals surface area contributed by atoms with Crippen LogP contribution in [0.2, 0.25) is 0 Å². The van der Waals surface area contributed by atoms with Gasteiger partial charge in [0.05, 0.1) is 23.9 Å². The molecule has 0 saturated carbocycles. The first-order valence-corrected chi connectivity index (χ1v) is 9.59. The molecule has 8 heteroatoms. The maximum atomic E-state index is 12.3. The Balaban J connectivity index is 1.35. The van der Waals surface area contributed by atoms with Gasteiger partial charge in [-0.25, -0.2) is 9.78 Å². The summed E-state index contributed by atoms with van der Waals surface area (Å²) in [5.41, 5.74) is 2.11. The van der Waals surface area contributed by atoms with Gasteiger partial charge >= 0.3 is 6.03 Å². The number of carbonyl (C=O) groups excluding carboxylic acids is 2. The van der Waals surface area contributed by atoms with E-state index in [0.29, 0.717) is 32.7 Å². The molecule has 2 N–H and O–H groups in total. The maximum absolute atomic E-state index is 12.3. The van der Waals surface area contributed by atoms with E-state index in [-0.39, 0.29) is 11.9 Å². The second-order valence-corrected chi connectivity index (χ2v) is 6.73. The topological polar surface area (TPSA) is 82.5 Å². The molecule has 0 radical (unpaired) electrons. The number of benzene rings is 1. The lowest BCUT2D eigenvalue weighted by molar-refractivity contribution is -0.122. The number of likely N-dealkylation sites (N-methyl/N-ethyl adjacent to an activating group) is 1. The molecule has 146 valence electrons. The quantitative estimate of drug-likeness (QED) is 0.707. The van der Waals surface area contributed by atoms with E-state index in [4.69, 9.17) is 0 Å². The van der Waals surface area contributed by atoms with Gasteiger partial charge in [0.15, 0.2) is 0 Å². The molecule has 27 heavy (non-hydrogen) atoms. The van der Waals surface area contributed by atoms with E-state index >= 15 is 0 Å². The molecule has 2 aromatic rings. The van der Waals surface area contributed by atoms with Crippen molar-refractivity contribution in [1.29, 1.82) is 0 Å². The Morgan fingerprint density at radius 2 is 1.89 bits per heavy atom. The van der Waals surface area contributed by atoms with Crippen LogP contribution in [0.1, 0.15) is 13.3 Å². The zero-order chi connectivity index (χ0) is 19.1. The van der Waals surface area contributed by atoms with E-state index in [1.807, 2.05) is 36.4 Å². The Morgan fingerprint density at radius 3 is 2.67 bits per heavy atom. The molecule has 0 aliphatic carbocycles. The highest BCUT2D eigenvalue weighted by atomic mass is 16.2. The molecule has 2 heterocycles. The average Bonchev–Trinajstić information content (AvgIpc) is 3.09. The Labute approximate surface area is 159 Å². The van der Waals surface area contributed by atoms with Gasteiger partial charge in [0.2, 0.25) is 5.91 Å². The summed E-state index contributed by atoms with van der Waals surface area (Å²) in [6.07, 6.45) is 2.70. The van der Waals surface area contributed by atoms with Gasteiger partial charge in [-0.3, -0.25) is 9.69 Å². The molecule has 0 bridgehead atoms. The predicted octanol–water partition coefficient (Wildman–Crippen LogP) is 0.890. The second kappa shape index (κ2) is 9.36. The molecule has 0 atom stereocenters. The summed E-state index contributed by atoms with van der Waals surface area (Å²) in [6.45, 7) is 7.17. The van der Waals surface area contributed by atoms with Crippen molar-refractivity contribution in [2.75, 3.05) is 45.8 Å². The average molecular weight is 372 g/mol. The van der Waals surface area contributed by atoms with Gasteiger partial charge in [-0.1, -0.05) is 12.1 Å². The van der Waals surface area contributed by atoms with Crippen molar-refractivity contribution < 1.29 is 9.59 Å². The fourth-order valence-electron chi connectivity index (χ4n) is 3.31. The number of aryl methyl sites for hydroxylation is 1. The number of hydrogen-bond acceptors (Lipinski definition) is 4. The normalized spacial score (nSPS) is 15.1. The third-order valence-corrected chi connectivity index (χ3v) is 4.78. The van der Waals surface area contributed by atoms with Gasteiger partial charge in [0, 0.05) is 45.8 Å². The van der Waals surface area contributed by atoms with Crippen LogP contribution in [0.5, 0.6) is 0 Å². The van der Waals surface area contributed by atoms with Crippen LogP contribution >= 0.6 is 0 Å². The fourth-order valence-corrected chi connectivity index (χ4v) is 3.31. The van der Waals surface area contributed by atoms with Crippen molar-refractivity contribution in [3.8, 4) is 0 Å². The van der Waals surface area contributed by atoms with Crippen LogP contribution < -0.4 is 10.6 Å². The molecule has 1 aliphatic rings. The number of para-hydroxylation sites is 2. The van der Waals surface area contributed by atoms with Crippen LogP contribution in [0.25, 0.3) is 11.0 Å². The summed E-state index contributed by atoms with van der Waals surface area (Å²) >= 11 is 0. The Morgan fingerprint density at radius 1 is 1.11 bits per heavy atom. The summed E-state index contributed by atoms with van der Waals surface area (Å²) in [4.78, 5) is 32.2. The van der Waals surface area contributed by atoms with E-state index in [0.717, 1.165) is 37.1 Å². The molecule has 3 rings (SSSR count). The predicted molar refractivity (Wildman–Crippen MR) is 104 cm³/mol. The monoisotopic (exact) mass is 372 g/mol. The molecule has 1 aromatic heterocycles. The minimum Gasteiger partial charge on any atom is -0.355 e. The molecule has 0 unspecified atom stereocenters. The Hall–Kier alpha value is -2.61. The second-order valence-electron chi connectivity index (χ2n) is 6.73. The lowest BCUT2D eigenvalue weighted by atomic mass is 10.3. The van der Waals surface area contributed by atoms with Crippen LogP contribution in [0.15, 0.2) is 30.6 Å². The number of piperazine rings is 1. The third-order valence-electron chi connectivity index (χ3n) is 4.78. The van der Waals surface area contributed by atoms with Gasteiger partial charge < -0.3 is 20.1 Å². The number of rotatable bonds is 7. The summed E-state index contributed by atoms with van der Waals surface area (Å²) in [5.74, 6) is 0.0439. The smallest absolute Gasteiger partial charge is 0.317 e. The largest absolute Gasteiger partial charge is 0.355 e. The standard InChI is InChI=1S/C19H28N6O2/c1-2-20-18(26)14-23-10-12-24(13-11-23)19(27)21-8-5-9-25-15-22-16-6-3-4-7-17(16)25/h3-4,6-7,15H,2,5,8-14H2,1H3,(H,20,26)(H,21,27). The van der Waals surface area contributed by atoms with Gasteiger partial charge in [0.25, 0.3) is 0 Å². The maximum Gasteiger partial charge on any atom is 0.317 e. The van der Waals surface area contributed by atoms with E-state index in [9.17, 15) is 9.59 Å². The SMILES string of the molecule is CCNC(=O)CN1CCN(C(=O)NCCCn2cnc3ccccc32)CC1. The molecular weight excluding hydrogens is 344 g/mol. The molecular formula is C19H28N6O2. The highest BCUT2D eigenvalue weighted by Gasteiger charge is 2.21. The van der Waals surface area contributed by atoms with Gasteiger partial charge in [0.1, 0.15) is 0 Å². The molecule has 8 nitrogen and oxygen atoms in total. The van der Waals surface area contributed by atoms with Crippen LogP contribution in [0.4, 0.5) is 4.79 Å². The number of hydrogen-bond donors (Lipinski definition) is 2. The molecule has 0 spiro atoms.